The number of aryl methyl sites for hydroxylation is 1. The molecule has 0 aromatic carbocycles. The van der Waals surface area contributed by atoms with Crippen molar-refractivity contribution in [3.8, 4) is 0 Å². The smallest absolute Gasteiger partial charge is 0.328 e. The third-order valence-electron chi connectivity index (χ3n) is 4.25. The zero-order valence-corrected chi connectivity index (χ0v) is 19.0. The summed E-state index contributed by atoms with van der Waals surface area (Å²) in [5, 5.41) is 21.0. The van der Waals surface area contributed by atoms with E-state index < -0.39 is 11.9 Å². The number of aliphatic carboxylic acids is 2. The highest BCUT2D eigenvalue weighted by atomic mass is 79.9. The Labute approximate surface area is 187 Å². The fourth-order valence-corrected chi connectivity index (χ4v) is 3.88. The van der Waals surface area contributed by atoms with Crippen molar-refractivity contribution in [3.63, 3.8) is 0 Å². The molecule has 1 saturated heterocycles. The van der Waals surface area contributed by atoms with Crippen LogP contribution in [0.1, 0.15) is 19.2 Å². The minimum Gasteiger partial charge on any atom is -0.478 e. The molecule has 3 heterocycles. The van der Waals surface area contributed by atoms with Crippen molar-refractivity contribution in [3.05, 3.63) is 34.8 Å². The van der Waals surface area contributed by atoms with E-state index in [4.69, 9.17) is 10.2 Å². The van der Waals surface area contributed by atoms with Gasteiger partial charge in [0.25, 0.3) is 0 Å². The Kier molecular flexibility index (Phi) is 9.91. The van der Waals surface area contributed by atoms with Gasteiger partial charge in [-0.25, -0.2) is 14.6 Å². The first-order valence-corrected chi connectivity index (χ1v) is 11.1. The van der Waals surface area contributed by atoms with Crippen molar-refractivity contribution >= 4 is 44.5 Å². The molecule has 1 fully saturated rings. The lowest BCUT2D eigenvalue weighted by Crippen LogP contribution is -2.32. The van der Waals surface area contributed by atoms with Gasteiger partial charge in [0.05, 0.1) is 17.2 Å². The van der Waals surface area contributed by atoms with Crippen LogP contribution in [-0.2, 0) is 22.6 Å². The quantitative estimate of drug-likeness (QED) is 0.548. The van der Waals surface area contributed by atoms with E-state index in [9.17, 15) is 9.59 Å². The number of hydrogen-bond donors (Lipinski definition) is 2. The van der Waals surface area contributed by atoms with Gasteiger partial charge in [-0.05, 0) is 28.9 Å². The summed E-state index contributed by atoms with van der Waals surface area (Å²) >= 11 is 4.97. The first kappa shape index (κ1) is 24.0. The van der Waals surface area contributed by atoms with E-state index in [0.29, 0.717) is 12.2 Å². The van der Waals surface area contributed by atoms with Crippen molar-refractivity contribution in [2.75, 3.05) is 37.6 Å². The molecule has 0 spiro atoms. The van der Waals surface area contributed by atoms with Gasteiger partial charge in [-0.15, -0.1) is 0 Å². The molecule has 10 nitrogen and oxygen atoms in total. The largest absolute Gasteiger partial charge is 0.478 e. The first-order valence-electron chi connectivity index (χ1n) is 9.49. The van der Waals surface area contributed by atoms with Crippen molar-refractivity contribution in [1.82, 2.24) is 24.0 Å². The molecule has 0 aliphatic carbocycles. The third kappa shape index (κ3) is 8.59. The fourth-order valence-electron chi connectivity index (χ4n) is 2.75. The Morgan fingerprint density at radius 1 is 1.17 bits per heavy atom. The summed E-state index contributed by atoms with van der Waals surface area (Å²) in [4.78, 5) is 28.6. The van der Waals surface area contributed by atoms with Crippen LogP contribution < -0.4 is 4.90 Å². The molecular weight excluding hydrogens is 476 g/mol. The second kappa shape index (κ2) is 12.4. The topological polar surface area (TPSA) is 125 Å². The number of carboxylic acids is 2. The monoisotopic (exact) mass is 500 g/mol. The van der Waals surface area contributed by atoms with E-state index in [2.05, 4.69) is 47.1 Å². The zero-order chi connectivity index (χ0) is 21.9. The minimum absolute atomic E-state index is 0.558. The van der Waals surface area contributed by atoms with E-state index >= 15 is 0 Å². The molecule has 3 rings (SSSR count). The number of carboxylic acid groups (broad SMARTS) is 2. The van der Waals surface area contributed by atoms with Gasteiger partial charge >= 0.3 is 11.9 Å². The van der Waals surface area contributed by atoms with Crippen LogP contribution in [0.3, 0.4) is 0 Å². The second-order valence-corrected chi connectivity index (χ2v) is 8.11. The lowest BCUT2D eigenvalue weighted by Gasteiger charge is -2.21. The molecule has 30 heavy (non-hydrogen) atoms. The molecule has 0 radical (unpaired) electrons. The van der Waals surface area contributed by atoms with Gasteiger partial charge in [0, 0.05) is 62.5 Å². The number of carbonyl (C=O) groups is 2. The molecule has 0 amide bonds. The summed E-state index contributed by atoms with van der Waals surface area (Å²) in [5.74, 6) is -1.55. The normalized spacial score (nSPS) is 14.9. The molecule has 2 aromatic heterocycles. The van der Waals surface area contributed by atoms with Gasteiger partial charge in [0.2, 0.25) is 5.13 Å². The van der Waals surface area contributed by atoms with E-state index in [1.165, 1.54) is 18.0 Å². The molecule has 2 aromatic rings. The highest BCUT2D eigenvalue weighted by Crippen LogP contribution is 2.19. The SMILES string of the molecule is CCc1nsc(N2CCCN(CCn3cc(Br)cn3)CC2)n1.O=C(O)/C=C/C(=O)O. The molecule has 0 bridgehead atoms. The van der Waals surface area contributed by atoms with Gasteiger partial charge in [-0.3, -0.25) is 9.58 Å². The Morgan fingerprint density at radius 3 is 2.47 bits per heavy atom. The number of aromatic nitrogens is 4. The minimum atomic E-state index is -1.26. The maximum atomic E-state index is 9.55. The van der Waals surface area contributed by atoms with Crippen molar-refractivity contribution < 1.29 is 19.8 Å². The second-order valence-electron chi connectivity index (χ2n) is 6.46. The standard InChI is InChI=1S/C14H21BrN6S.C4H4O4/c1-2-13-17-14(22-18-13)20-5-3-4-19(6-8-20)7-9-21-11-12(15)10-16-21;5-3(6)1-2-4(7)8/h10-11H,2-9H2,1H3;1-2H,(H,5,6)(H,7,8)/b;2-1+. The summed E-state index contributed by atoms with van der Waals surface area (Å²) in [6.45, 7) is 8.39. The molecule has 1 aliphatic heterocycles. The van der Waals surface area contributed by atoms with Gasteiger partial charge in [0.15, 0.2) is 0 Å². The number of anilines is 1. The molecule has 164 valence electrons. The molecule has 1 aliphatic rings. The summed E-state index contributed by atoms with van der Waals surface area (Å²) < 4.78 is 7.43. The Bertz CT molecular complexity index is 839. The van der Waals surface area contributed by atoms with E-state index in [0.717, 1.165) is 61.1 Å². The predicted molar refractivity (Wildman–Crippen MR) is 117 cm³/mol. The third-order valence-corrected chi connectivity index (χ3v) is 5.47. The van der Waals surface area contributed by atoms with E-state index in [1.807, 2.05) is 17.1 Å². The molecular formula is C18H25BrN6O4S. The van der Waals surface area contributed by atoms with Gasteiger partial charge in [-0.1, -0.05) is 6.92 Å². The van der Waals surface area contributed by atoms with E-state index in [-0.39, 0.29) is 0 Å². The summed E-state index contributed by atoms with van der Waals surface area (Å²) in [6.07, 6.45) is 7.06. The number of hydrogen-bond acceptors (Lipinski definition) is 8. The maximum Gasteiger partial charge on any atom is 0.328 e. The molecule has 0 atom stereocenters. The van der Waals surface area contributed by atoms with Crippen LogP contribution in [-0.4, -0.2) is 78.9 Å². The van der Waals surface area contributed by atoms with Crippen molar-refractivity contribution in [2.45, 2.75) is 26.3 Å². The lowest BCUT2D eigenvalue weighted by molar-refractivity contribution is -0.134. The lowest BCUT2D eigenvalue weighted by atomic mass is 10.4. The van der Waals surface area contributed by atoms with Crippen LogP contribution in [0.5, 0.6) is 0 Å². The Hall–Kier alpha value is -2.31. The summed E-state index contributed by atoms with van der Waals surface area (Å²) in [6, 6.07) is 0. The van der Waals surface area contributed by atoms with Crippen molar-refractivity contribution in [2.24, 2.45) is 0 Å². The van der Waals surface area contributed by atoms with Gasteiger partial charge < -0.3 is 15.1 Å². The van der Waals surface area contributed by atoms with Crippen LogP contribution >= 0.6 is 27.5 Å². The highest BCUT2D eigenvalue weighted by molar-refractivity contribution is 9.10. The van der Waals surface area contributed by atoms with Gasteiger partial charge in [-0.2, -0.15) is 9.47 Å². The number of rotatable bonds is 7. The Morgan fingerprint density at radius 2 is 1.90 bits per heavy atom. The first-order chi connectivity index (χ1) is 14.4. The average molecular weight is 501 g/mol. The average Bonchev–Trinajstić information content (AvgIpc) is 3.29. The van der Waals surface area contributed by atoms with Crippen LogP contribution in [0.25, 0.3) is 0 Å². The maximum absolute atomic E-state index is 9.55. The highest BCUT2D eigenvalue weighted by Gasteiger charge is 2.17. The van der Waals surface area contributed by atoms with Crippen LogP contribution in [0.2, 0.25) is 0 Å². The van der Waals surface area contributed by atoms with Gasteiger partial charge in [0.1, 0.15) is 5.82 Å². The van der Waals surface area contributed by atoms with Crippen molar-refractivity contribution in [1.29, 1.82) is 0 Å². The van der Waals surface area contributed by atoms with Crippen LogP contribution in [0.4, 0.5) is 5.13 Å². The summed E-state index contributed by atoms with van der Waals surface area (Å²) in [7, 11) is 0. The number of nitrogens with zero attached hydrogens (tertiary/aromatic N) is 6. The Balaban J connectivity index is 0.000000343. The predicted octanol–water partition coefficient (Wildman–Crippen LogP) is 1.98. The van der Waals surface area contributed by atoms with Crippen LogP contribution in [0, 0.1) is 0 Å². The zero-order valence-electron chi connectivity index (χ0n) is 16.6. The molecule has 0 unspecified atom stereocenters. The number of halogens is 1. The van der Waals surface area contributed by atoms with Crippen LogP contribution in [0.15, 0.2) is 29.0 Å². The molecule has 12 heteroatoms. The molecule has 2 N–H and O–H groups in total. The summed E-state index contributed by atoms with van der Waals surface area (Å²) in [5.41, 5.74) is 0. The fraction of sp³-hybridized carbons (Fsp3) is 0.500. The van der Waals surface area contributed by atoms with E-state index in [1.54, 1.807) is 0 Å². The molecule has 0 saturated carbocycles.